The Kier molecular flexibility index (Phi) is 4.83. The average molecular weight is 291 g/mol. The van der Waals surface area contributed by atoms with Gasteiger partial charge in [0.25, 0.3) is 0 Å². The van der Waals surface area contributed by atoms with Crippen molar-refractivity contribution in [2.24, 2.45) is 0 Å². The molecular weight excluding hydrogens is 274 g/mol. The van der Waals surface area contributed by atoms with E-state index in [1.54, 1.807) is 11.3 Å². The van der Waals surface area contributed by atoms with Gasteiger partial charge in [0, 0.05) is 4.88 Å². The number of thiazole rings is 1. The van der Waals surface area contributed by atoms with Crippen molar-refractivity contribution in [3.8, 4) is 0 Å². The number of hydrogen-bond donors (Lipinski definition) is 2. The van der Waals surface area contributed by atoms with Crippen LogP contribution in [0.2, 0.25) is 0 Å². The number of rotatable bonds is 5. The van der Waals surface area contributed by atoms with Gasteiger partial charge in [-0.3, -0.25) is 4.79 Å². The Morgan fingerprint density at radius 1 is 1.44 bits per heavy atom. The van der Waals surface area contributed by atoms with Crippen molar-refractivity contribution in [3.05, 3.63) is 15.6 Å². The van der Waals surface area contributed by atoms with E-state index in [0.29, 0.717) is 0 Å². The number of hydrogen-bond acceptors (Lipinski definition) is 5. The third kappa shape index (κ3) is 4.71. The number of nitrogens with one attached hydrogen (secondary N) is 2. The largest absolute Gasteiger partial charge is 0.347 e. The second-order valence-electron chi connectivity index (χ2n) is 4.06. The summed E-state index contributed by atoms with van der Waals surface area (Å²) in [5.41, 5.74) is 0.824. The molecule has 102 valence electrons. The lowest BCUT2D eigenvalue weighted by Gasteiger charge is -2.12. The van der Waals surface area contributed by atoms with Gasteiger partial charge in [0.2, 0.25) is 15.9 Å². The van der Waals surface area contributed by atoms with Crippen LogP contribution in [0.25, 0.3) is 0 Å². The molecule has 0 aromatic carbocycles. The lowest BCUT2D eigenvalue weighted by atomic mass is 10.2. The Labute approximate surface area is 111 Å². The van der Waals surface area contributed by atoms with Crippen molar-refractivity contribution >= 4 is 27.3 Å². The van der Waals surface area contributed by atoms with E-state index in [-0.39, 0.29) is 18.5 Å². The van der Waals surface area contributed by atoms with Gasteiger partial charge in [0.1, 0.15) is 0 Å². The highest BCUT2D eigenvalue weighted by atomic mass is 32.2. The smallest absolute Gasteiger partial charge is 0.235 e. The summed E-state index contributed by atoms with van der Waals surface area (Å²) in [4.78, 5) is 16.9. The molecule has 0 aliphatic heterocycles. The van der Waals surface area contributed by atoms with E-state index < -0.39 is 10.0 Å². The fraction of sp³-hybridized carbons (Fsp3) is 0.600. The van der Waals surface area contributed by atoms with Crippen molar-refractivity contribution < 1.29 is 13.2 Å². The molecule has 1 atom stereocenters. The van der Waals surface area contributed by atoms with Crippen molar-refractivity contribution in [1.29, 1.82) is 0 Å². The van der Waals surface area contributed by atoms with E-state index in [0.717, 1.165) is 21.8 Å². The second-order valence-corrected chi connectivity index (χ2v) is 7.30. The number of carbonyl (C=O) groups excluding carboxylic acids is 1. The maximum Gasteiger partial charge on any atom is 0.235 e. The van der Waals surface area contributed by atoms with Crippen LogP contribution < -0.4 is 10.0 Å². The monoisotopic (exact) mass is 291 g/mol. The minimum Gasteiger partial charge on any atom is -0.347 e. The Balaban J connectivity index is 2.57. The van der Waals surface area contributed by atoms with E-state index in [2.05, 4.69) is 15.0 Å². The zero-order chi connectivity index (χ0) is 13.9. The molecule has 1 amide bonds. The molecule has 0 aliphatic rings. The van der Waals surface area contributed by atoms with Gasteiger partial charge in [-0.25, -0.2) is 18.1 Å². The van der Waals surface area contributed by atoms with Gasteiger partial charge < -0.3 is 5.32 Å². The molecule has 6 nitrogen and oxygen atoms in total. The predicted molar refractivity (Wildman–Crippen MR) is 71.0 cm³/mol. The number of aromatic nitrogens is 1. The molecule has 0 unspecified atom stereocenters. The summed E-state index contributed by atoms with van der Waals surface area (Å²) in [5, 5.41) is 3.64. The van der Waals surface area contributed by atoms with Gasteiger partial charge >= 0.3 is 0 Å². The predicted octanol–water partition coefficient (Wildman–Crippen LogP) is 0.486. The minimum atomic E-state index is -3.35. The SMILES string of the molecule is Cc1nc([C@H](C)NC(=O)CNS(C)(=O)=O)c(C)s1. The lowest BCUT2D eigenvalue weighted by Crippen LogP contribution is -2.37. The molecule has 8 heteroatoms. The van der Waals surface area contributed by atoms with E-state index in [4.69, 9.17) is 0 Å². The van der Waals surface area contributed by atoms with E-state index in [9.17, 15) is 13.2 Å². The van der Waals surface area contributed by atoms with Crippen LogP contribution in [0.5, 0.6) is 0 Å². The summed E-state index contributed by atoms with van der Waals surface area (Å²) in [6.07, 6.45) is 1.01. The Bertz CT molecular complexity index is 537. The summed E-state index contributed by atoms with van der Waals surface area (Å²) in [6.45, 7) is 5.41. The molecule has 0 bridgehead atoms. The molecule has 1 heterocycles. The normalized spacial score (nSPS) is 13.3. The molecule has 18 heavy (non-hydrogen) atoms. The standard InChI is InChI=1S/C10H17N3O3S2/c1-6(10-7(2)17-8(3)13-10)12-9(14)5-11-18(4,15)16/h6,11H,5H2,1-4H3,(H,12,14)/t6-/m0/s1. The molecule has 1 aromatic rings. The molecule has 0 saturated carbocycles. The quantitative estimate of drug-likeness (QED) is 0.826. The zero-order valence-corrected chi connectivity index (χ0v) is 12.4. The first-order valence-corrected chi connectivity index (χ1v) is 8.08. The minimum absolute atomic E-state index is 0.233. The average Bonchev–Trinajstić information content (AvgIpc) is 2.54. The molecular formula is C10H17N3O3S2. The van der Waals surface area contributed by atoms with Crippen molar-refractivity contribution in [2.45, 2.75) is 26.8 Å². The first-order chi connectivity index (χ1) is 8.19. The second kappa shape index (κ2) is 5.77. The summed E-state index contributed by atoms with van der Waals surface area (Å²) >= 11 is 1.57. The first-order valence-electron chi connectivity index (χ1n) is 5.37. The van der Waals surface area contributed by atoms with Crippen LogP contribution in [0.4, 0.5) is 0 Å². The van der Waals surface area contributed by atoms with Gasteiger partial charge in [-0.15, -0.1) is 11.3 Å². The van der Waals surface area contributed by atoms with Crippen LogP contribution in [0.15, 0.2) is 0 Å². The molecule has 0 radical (unpaired) electrons. The number of carbonyl (C=O) groups is 1. The van der Waals surface area contributed by atoms with Crippen LogP contribution in [0.3, 0.4) is 0 Å². The molecule has 1 aromatic heterocycles. The van der Waals surface area contributed by atoms with Crippen LogP contribution >= 0.6 is 11.3 Å². The van der Waals surface area contributed by atoms with E-state index in [1.165, 1.54) is 0 Å². The number of nitrogens with zero attached hydrogens (tertiary/aromatic N) is 1. The van der Waals surface area contributed by atoms with Crippen molar-refractivity contribution in [3.63, 3.8) is 0 Å². The molecule has 0 fully saturated rings. The maximum absolute atomic E-state index is 11.5. The van der Waals surface area contributed by atoms with Gasteiger partial charge in [0.15, 0.2) is 0 Å². The van der Waals surface area contributed by atoms with Gasteiger partial charge in [0.05, 0.1) is 29.5 Å². The van der Waals surface area contributed by atoms with Gasteiger partial charge in [-0.05, 0) is 20.8 Å². The molecule has 1 rings (SSSR count). The summed E-state index contributed by atoms with van der Waals surface area (Å²) in [7, 11) is -3.35. The zero-order valence-electron chi connectivity index (χ0n) is 10.8. The molecule has 0 aliphatic carbocycles. The summed E-state index contributed by atoms with van der Waals surface area (Å²) < 4.78 is 23.8. The van der Waals surface area contributed by atoms with Crippen LogP contribution in [0, 0.1) is 13.8 Å². The maximum atomic E-state index is 11.5. The highest BCUT2D eigenvalue weighted by molar-refractivity contribution is 7.88. The summed E-state index contributed by atoms with van der Waals surface area (Å²) in [6, 6.07) is -0.233. The highest BCUT2D eigenvalue weighted by Crippen LogP contribution is 2.22. The topological polar surface area (TPSA) is 88.2 Å². The molecule has 0 saturated heterocycles. The van der Waals surface area contributed by atoms with Crippen LogP contribution in [0.1, 0.15) is 28.5 Å². The van der Waals surface area contributed by atoms with Crippen LogP contribution in [-0.2, 0) is 14.8 Å². The first kappa shape index (κ1) is 15.1. The van der Waals surface area contributed by atoms with Gasteiger partial charge in [-0.1, -0.05) is 0 Å². The fourth-order valence-electron chi connectivity index (χ4n) is 1.50. The van der Waals surface area contributed by atoms with E-state index >= 15 is 0 Å². The third-order valence-electron chi connectivity index (χ3n) is 2.22. The van der Waals surface area contributed by atoms with E-state index in [1.807, 2.05) is 20.8 Å². The lowest BCUT2D eigenvalue weighted by molar-refractivity contribution is -0.120. The third-order valence-corrected chi connectivity index (χ3v) is 3.79. The summed E-state index contributed by atoms with van der Waals surface area (Å²) in [5.74, 6) is -0.377. The Hall–Kier alpha value is -0.990. The number of aryl methyl sites for hydroxylation is 2. The van der Waals surface area contributed by atoms with Crippen molar-refractivity contribution in [2.75, 3.05) is 12.8 Å². The highest BCUT2D eigenvalue weighted by Gasteiger charge is 2.16. The molecule has 2 N–H and O–H groups in total. The Morgan fingerprint density at radius 2 is 2.06 bits per heavy atom. The van der Waals surface area contributed by atoms with Gasteiger partial charge in [-0.2, -0.15) is 0 Å². The van der Waals surface area contributed by atoms with Crippen LogP contribution in [-0.4, -0.2) is 32.1 Å². The molecule has 0 spiro atoms. The number of amides is 1. The van der Waals surface area contributed by atoms with Crippen molar-refractivity contribution in [1.82, 2.24) is 15.0 Å². The Morgan fingerprint density at radius 3 is 2.50 bits per heavy atom. The number of sulfonamides is 1. The fourth-order valence-corrected chi connectivity index (χ4v) is 2.81.